The molecule has 0 saturated heterocycles. The topological polar surface area (TPSA) is 98.1 Å². The summed E-state index contributed by atoms with van der Waals surface area (Å²) in [5, 5.41) is 33.1. The lowest BCUT2D eigenvalue weighted by Gasteiger charge is -2.62. The Bertz CT molecular complexity index is 1170. The molecular formula is C28H32BrF2NO5. The van der Waals surface area contributed by atoms with Crippen molar-refractivity contribution in [2.24, 2.45) is 34.5 Å². The number of halogens is 3. The van der Waals surface area contributed by atoms with Gasteiger partial charge in [-0.1, -0.05) is 28.9 Å². The second-order valence-electron chi connectivity index (χ2n) is 11.6. The number of ketones is 2. The summed E-state index contributed by atoms with van der Waals surface area (Å²) in [6.07, 6.45) is 0.765. The first-order chi connectivity index (χ1) is 17.4. The number of carbonyl (C=O) groups is 2. The fraction of sp³-hybridized carbons (Fsp3) is 0.571. The summed E-state index contributed by atoms with van der Waals surface area (Å²) in [7, 11) is 0. The van der Waals surface area contributed by atoms with Crippen LogP contribution < -0.4 is 5.06 Å². The molecule has 0 unspecified atom stereocenters. The number of aliphatic hydroxyl groups is 2. The molecule has 37 heavy (non-hydrogen) atoms. The summed E-state index contributed by atoms with van der Waals surface area (Å²) >= 11 is 3.36. The van der Waals surface area contributed by atoms with Gasteiger partial charge in [-0.25, -0.2) is 8.78 Å². The molecule has 0 amide bonds. The zero-order valence-electron chi connectivity index (χ0n) is 20.8. The number of Topliss-reactive ketones (excluding diaryl/α,β-unsaturated/α-hetero) is 1. The molecule has 3 fully saturated rings. The molecule has 6 nitrogen and oxygen atoms in total. The summed E-state index contributed by atoms with van der Waals surface area (Å²) in [6, 6.07) is 6.98. The van der Waals surface area contributed by atoms with Crippen LogP contribution in [0.2, 0.25) is 0 Å². The molecule has 5 rings (SSSR count). The number of nitrogens with zero attached hydrogens (tertiary/aromatic N) is 1. The Morgan fingerprint density at radius 1 is 1.19 bits per heavy atom. The molecule has 9 atom stereocenters. The van der Waals surface area contributed by atoms with E-state index in [0.29, 0.717) is 12.1 Å². The highest BCUT2D eigenvalue weighted by atomic mass is 79.9. The summed E-state index contributed by atoms with van der Waals surface area (Å²) < 4.78 is 33.8. The fourth-order valence-electron chi connectivity index (χ4n) is 8.24. The third-order valence-electron chi connectivity index (χ3n) is 9.84. The molecule has 4 aliphatic carbocycles. The molecule has 4 aliphatic rings. The Morgan fingerprint density at radius 3 is 2.51 bits per heavy atom. The van der Waals surface area contributed by atoms with Gasteiger partial charge in [0.25, 0.3) is 0 Å². The lowest BCUT2D eigenvalue weighted by molar-refractivity contribution is -0.202. The van der Waals surface area contributed by atoms with Crippen molar-refractivity contribution in [3.05, 3.63) is 52.5 Å². The van der Waals surface area contributed by atoms with Crippen molar-refractivity contribution in [1.29, 1.82) is 0 Å². The second-order valence-corrected chi connectivity index (χ2v) is 12.5. The van der Waals surface area contributed by atoms with E-state index in [9.17, 15) is 25.0 Å². The van der Waals surface area contributed by atoms with E-state index in [2.05, 4.69) is 15.9 Å². The molecule has 3 N–H and O–H groups in total. The minimum absolute atomic E-state index is 0.0516. The molecule has 200 valence electrons. The van der Waals surface area contributed by atoms with Crippen LogP contribution in [0.15, 0.2) is 52.5 Å². The van der Waals surface area contributed by atoms with Gasteiger partial charge in [-0.05, 0) is 85.4 Å². The van der Waals surface area contributed by atoms with Crippen molar-refractivity contribution in [2.45, 2.75) is 51.1 Å². The average Bonchev–Trinajstić information content (AvgIpc) is 3.13. The van der Waals surface area contributed by atoms with Crippen LogP contribution >= 0.6 is 15.9 Å². The number of carbonyl (C=O) groups excluding carboxylic acids is 2. The predicted molar refractivity (Wildman–Crippen MR) is 136 cm³/mol. The number of anilines is 1. The van der Waals surface area contributed by atoms with Crippen LogP contribution in [0.25, 0.3) is 0 Å². The van der Waals surface area contributed by atoms with E-state index in [-0.39, 0.29) is 25.0 Å². The van der Waals surface area contributed by atoms with Crippen molar-refractivity contribution >= 4 is 33.2 Å². The third kappa shape index (κ3) is 3.79. The van der Waals surface area contributed by atoms with Crippen molar-refractivity contribution in [3.8, 4) is 0 Å². The first-order valence-electron chi connectivity index (χ1n) is 12.7. The van der Waals surface area contributed by atoms with Crippen molar-refractivity contribution in [2.75, 3.05) is 18.2 Å². The summed E-state index contributed by atoms with van der Waals surface area (Å²) in [5.41, 5.74) is -4.08. The van der Waals surface area contributed by atoms with Crippen molar-refractivity contribution in [1.82, 2.24) is 0 Å². The van der Waals surface area contributed by atoms with Gasteiger partial charge in [0, 0.05) is 28.3 Å². The highest BCUT2D eigenvalue weighted by molar-refractivity contribution is 9.10. The Balaban J connectivity index is 1.54. The number of hydroxylamine groups is 1. The van der Waals surface area contributed by atoms with Crippen LogP contribution in [0.1, 0.15) is 33.1 Å². The molecule has 0 heterocycles. The van der Waals surface area contributed by atoms with Gasteiger partial charge in [0.2, 0.25) is 0 Å². The maximum Gasteiger partial charge on any atom is 0.178 e. The maximum atomic E-state index is 17.3. The van der Waals surface area contributed by atoms with Crippen LogP contribution in [0.5, 0.6) is 0 Å². The summed E-state index contributed by atoms with van der Waals surface area (Å²) in [5.74, 6) is -3.44. The maximum absolute atomic E-state index is 17.3. The van der Waals surface area contributed by atoms with Crippen LogP contribution in [-0.2, 0) is 9.59 Å². The molecule has 1 aromatic carbocycles. The van der Waals surface area contributed by atoms with Crippen LogP contribution in [0, 0.1) is 34.5 Å². The first kappa shape index (κ1) is 26.7. The molecule has 0 aromatic heterocycles. The molecular weight excluding hydrogens is 548 g/mol. The van der Waals surface area contributed by atoms with E-state index in [0.717, 1.165) is 15.6 Å². The molecule has 3 saturated carbocycles. The number of allylic oxidation sites excluding steroid dienone is 4. The van der Waals surface area contributed by atoms with E-state index in [4.69, 9.17) is 0 Å². The minimum atomic E-state index is -2.24. The minimum Gasteiger partial charge on any atom is -0.390 e. The largest absolute Gasteiger partial charge is 0.390 e. The average molecular weight is 580 g/mol. The molecule has 1 aromatic rings. The standard InChI is InChI=1S/C28H32BrF2NO5/c1-26-12-24(36)28(31)20(11-22(30)21-10-18(34)7-8-27(21,28)2)19(26)9-15(25(26)23(35)14-33)13-32(37)17-5-3-16(29)4-6-17/h3-8,10,15,19-20,22,24-25,33,36-37H,9,11-14H2,1-2H3/t15-,19-,20-,22-,24-,25+,26-,27-,28-/m0/s1. The molecule has 0 spiro atoms. The van der Waals surface area contributed by atoms with Gasteiger partial charge in [-0.3, -0.25) is 19.9 Å². The Morgan fingerprint density at radius 2 is 1.86 bits per heavy atom. The molecule has 9 heteroatoms. The number of alkyl halides is 2. The van der Waals surface area contributed by atoms with Crippen LogP contribution in [0.3, 0.4) is 0 Å². The predicted octanol–water partition coefficient (Wildman–Crippen LogP) is 4.37. The van der Waals surface area contributed by atoms with E-state index in [1.807, 2.05) is 6.92 Å². The number of hydrogen-bond acceptors (Lipinski definition) is 6. The Hall–Kier alpha value is -1.94. The zero-order valence-corrected chi connectivity index (χ0v) is 22.4. The quantitative estimate of drug-likeness (QED) is 0.448. The Labute approximate surface area is 223 Å². The fourth-order valence-corrected chi connectivity index (χ4v) is 8.50. The number of aliphatic hydroxyl groups excluding tert-OH is 2. The highest BCUT2D eigenvalue weighted by Crippen LogP contribution is 2.70. The van der Waals surface area contributed by atoms with Gasteiger partial charge in [-0.15, -0.1) is 0 Å². The van der Waals surface area contributed by atoms with Gasteiger partial charge >= 0.3 is 0 Å². The van der Waals surface area contributed by atoms with E-state index >= 15 is 8.78 Å². The van der Waals surface area contributed by atoms with Crippen LogP contribution in [-0.4, -0.2) is 58.1 Å². The number of rotatable bonds is 5. The summed E-state index contributed by atoms with van der Waals surface area (Å²) in [4.78, 5) is 25.1. The van der Waals surface area contributed by atoms with Gasteiger partial charge in [0.15, 0.2) is 17.2 Å². The van der Waals surface area contributed by atoms with Crippen LogP contribution in [0.4, 0.5) is 14.5 Å². The van der Waals surface area contributed by atoms with Gasteiger partial charge < -0.3 is 10.2 Å². The zero-order chi connectivity index (χ0) is 26.9. The van der Waals surface area contributed by atoms with E-state index in [1.54, 1.807) is 24.3 Å². The van der Waals surface area contributed by atoms with Crippen molar-refractivity contribution < 1.29 is 33.8 Å². The smallest absolute Gasteiger partial charge is 0.178 e. The second kappa shape index (κ2) is 9.07. The monoisotopic (exact) mass is 579 g/mol. The molecule has 0 aliphatic heterocycles. The number of hydrogen-bond donors (Lipinski definition) is 3. The first-order valence-corrected chi connectivity index (χ1v) is 13.5. The van der Waals surface area contributed by atoms with Gasteiger partial charge in [0.1, 0.15) is 12.8 Å². The van der Waals surface area contributed by atoms with Gasteiger partial charge in [-0.2, -0.15) is 0 Å². The number of benzene rings is 1. The lowest BCUT2D eigenvalue weighted by atomic mass is 9.45. The Kier molecular flexibility index (Phi) is 6.54. The number of fused-ring (bicyclic) bond motifs is 5. The highest BCUT2D eigenvalue weighted by Gasteiger charge is 2.73. The normalized spacial score (nSPS) is 42.5. The third-order valence-corrected chi connectivity index (χ3v) is 10.4. The SMILES string of the molecule is C[C@]12C[C@H](O)[C@@]3(F)[C@@H](C[C@H](F)C4=CC(=O)C=C[C@@]43C)[C@@H]1C[C@@H](CN(O)c1ccc(Br)cc1)[C@@H]2C(=O)CO. The van der Waals surface area contributed by atoms with E-state index in [1.165, 1.54) is 19.1 Å². The molecule has 0 bridgehead atoms. The lowest BCUT2D eigenvalue weighted by Crippen LogP contribution is -2.68. The molecule has 0 radical (unpaired) electrons. The van der Waals surface area contributed by atoms with Crippen molar-refractivity contribution in [3.63, 3.8) is 0 Å². The van der Waals surface area contributed by atoms with E-state index < -0.39 is 70.6 Å². The van der Waals surface area contributed by atoms with Gasteiger partial charge in [0.05, 0.1) is 11.8 Å². The summed E-state index contributed by atoms with van der Waals surface area (Å²) in [6.45, 7) is 2.71.